The molecule has 0 saturated carbocycles. The summed E-state index contributed by atoms with van der Waals surface area (Å²) in [6.45, 7) is -0.645. The van der Waals surface area contributed by atoms with Crippen molar-refractivity contribution in [2.75, 3.05) is 6.61 Å². The summed E-state index contributed by atoms with van der Waals surface area (Å²) in [6.07, 6.45) is 0. The quantitative estimate of drug-likeness (QED) is 0.552. The topological polar surface area (TPSA) is 97.6 Å². The minimum atomic E-state index is -0.833. The SMILES string of the molecule is O=C(COC(=O)c1cc2ccccc2o1)NNC(=O)c1ccccc1F. The summed E-state index contributed by atoms with van der Waals surface area (Å²) in [4.78, 5) is 35.3. The molecule has 1 aromatic heterocycles. The number of esters is 1. The first-order chi connectivity index (χ1) is 12.5. The Bertz CT molecular complexity index is 949. The number of para-hydroxylation sites is 1. The van der Waals surface area contributed by atoms with E-state index in [1.807, 2.05) is 10.9 Å². The number of carbonyl (C=O) groups is 3. The molecular weight excluding hydrogens is 343 g/mol. The fourth-order valence-corrected chi connectivity index (χ4v) is 2.16. The fraction of sp³-hybridized carbons (Fsp3) is 0.0556. The van der Waals surface area contributed by atoms with Crippen molar-refractivity contribution in [3.63, 3.8) is 0 Å². The van der Waals surface area contributed by atoms with Crippen molar-refractivity contribution in [3.8, 4) is 0 Å². The molecule has 1 heterocycles. The Morgan fingerprint density at radius 3 is 2.50 bits per heavy atom. The highest BCUT2D eigenvalue weighted by Crippen LogP contribution is 2.19. The van der Waals surface area contributed by atoms with Gasteiger partial charge < -0.3 is 9.15 Å². The molecule has 3 rings (SSSR count). The largest absolute Gasteiger partial charge is 0.450 e. The van der Waals surface area contributed by atoms with E-state index in [1.54, 1.807) is 24.3 Å². The maximum absolute atomic E-state index is 13.4. The highest BCUT2D eigenvalue weighted by Gasteiger charge is 2.16. The monoisotopic (exact) mass is 356 g/mol. The van der Waals surface area contributed by atoms with E-state index in [0.717, 1.165) is 11.5 Å². The van der Waals surface area contributed by atoms with Gasteiger partial charge in [0, 0.05) is 5.39 Å². The molecule has 2 aromatic carbocycles. The van der Waals surface area contributed by atoms with Gasteiger partial charge in [0.15, 0.2) is 6.61 Å². The first-order valence-corrected chi connectivity index (χ1v) is 7.54. The molecular formula is C18H13FN2O5. The lowest BCUT2D eigenvalue weighted by Gasteiger charge is -2.08. The molecule has 3 aromatic rings. The second-order valence-electron chi connectivity index (χ2n) is 5.21. The molecule has 0 saturated heterocycles. The Labute approximate surface area is 146 Å². The number of nitrogens with one attached hydrogen (secondary N) is 2. The standard InChI is InChI=1S/C18H13FN2O5/c19-13-7-3-2-6-12(13)17(23)21-20-16(22)10-25-18(24)15-9-11-5-1-4-8-14(11)26-15/h1-9H,10H2,(H,20,22)(H,21,23). The van der Waals surface area contributed by atoms with E-state index < -0.39 is 30.2 Å². The van der Waals surface area contributed by atoms with Gasteiger partial charge in [-0.25, -0.2) is 9.18 Å². The Balaban J connectivity index is 1.50. The average molecular weight is 356 g/mol. The number of carbonyl (C=O) groups excluding carboxylic acids is 3. The number of hydrogen-bond acceptors (Lipinski definition) is 5. The normalized spacial score (nSPS) is 10.3. The smallest absolute Gasteiger partial charge is 0.374 e. The molecule has 0 aliphatic rings. The summed E-state index contributed by atoms with van der Waals surface area (Å²) in [7, 11) is 0. The minimum Gasteiger partial charge on any atom is -0.450 e. The number of benzene rings is 2. The zero-order valence-corrected chi connectivity index (χ0v) is 13.3. The Morgan fingerprint density at radius 2 is 1.73 bits per heavy atom. The van der Waals surface area contributed by atoms with Gasteiger partial charge in [-0.1, -0.05) is 30.3 Å². The van der Waals surface area contributed by atoms with Crippen molar-refractivity contribution in [3.05, 3.63) is 71.7 Å². The van der Waals surface area contributed by atoms with Crippen LogP contribution in [-0.4, -0.2) is 24.4 Å². The van der Waals surface area contributed by atoms with Crippen LogP contribution in [0.15, 0.2) is 59.0 Å². The summed E-state index contributed by atoms with van der Waals surface area (Å²) in [5, 5.41) is 0.723. The molecule has 0 radical (unpaired) electrons. The van der Waals surface area contributed by atoms with Gasteiger partial charge in [-0.05, 0) is 24.3 Å². The lowest BCUT2D eigenvalue weighted by Crippen LogP contribution is -2.43. The Morgan fingerprint density at radius 1 is 1.00 bits per heavy atom. The maximum atomic E-state index is 13.4. The number of hydrogen-bond donors (Lipinski definition) is 2. The van der Waals surface area contributed by atoms with Crippen molar-refractivity contribution in [1.29, 1.82) is 0 Å². The van der Waals surface area contributed by atoms with E-state index in [4.69, 9.17) is 9.15 Å². The van der Waals surface area contributed by atoms with Crippen molar-refractivity contribution in [2.24, 2.45) is 0 Å². The van der Waals surface area contributed by atoms with Crippen LogP contribution in [0.25, 0.3) is 11.0 Å². The minimum absolute atomic E-state index is 0.0469. The Kier molecular flexibility index (Phi) is 4.93. The van der Waals surface area contributed by atoms with Crippen LogP contribution in [0.4, 0.5) is 4.39 Å². The number of amides is 2. The summed E-state index contributed by atoms with van der Waals surface area (Å²) in [5.74, 6) is -3.22. The number of ether oxygens (including phenoxy) is 1. The fourth-order valence-electron chi connectivity index (χ4n) is 2.16. The summed E-state index contributed by atoms with van der Waals surface area (Å²) >= 11 is 0. The highest BCUT2D eigenvalue weighted by molar-refractivity contribution is 5.96. The van der Waals surface area contributed by atoms with Crippen LogP contribution < -0.4 is 10.9 Å². The van der Waals surface area contributed by atoms with Gasteiger partial charge in [-0.15, -0.1) is 0 Å². The number of fused-ring (bicyclic) bond motifs is 1. The predicted octanol–water partition coefficient (Wildman–Crippen LogP) is 2.19. The van der Waals surface area contributed by atoms with Gasteiger partial charge in [0.1, 0.15) is 11.4 Å². The summed E-state index contributed by atoms with van der Waals surface area (Å²) < 4.78 is 23.6. The van der Waals surface area contributed by atoms with Gasteiger partial charge in [0.05, 0.1) is 5.56 Å². The van der Waals surface area contributed by atoms with E-state index in [1.165, 1.54) is 24.3 Å². The second kappa shape index (κ2) is 7.47. The lowest BCUT2D eigenvalue weighted by atomic mass is 10.2. The van der Waals surface area contributed by atoms with Crippen molar-refractivity contribution >= 4 is 28.8 Å². The van der Waals surface area contributed by atoms with Crippen molar-refractivity contribution in [2.45, 2.75) is 0 Å². The third kappa shape index (κ3) is 3.86. The molecule has 0 aliphatic heterocycles. The van der Waals surface area contributed by atoms with Gasteiger partial charge in [-0.2, -0.15) is 0 Å². The number of rotatable bonds is 4. The van der Waals surface area contributed by atoms with Crippen LogP contribution >= 0.6 is 0 Å². The average Bonchev–Trinajstić information content (AvgIpc) is 3.09. The lowest BCUT2D eigenvalue weighted by molar-refractivity contribution is -0.125. The molecule has 0 fully saturated rings. The van der Waals surface area contributed by atoms with Crippen LogP contribution in [-0.2, 0) is 9.53 Å². The summed E-state index contributed by atoms with van der Waals surface area (Å²) in [5.41, 5.74) is 4.35. The van der Waals surface area contributed by atoms with Crippen LogP contribution in [0.1, 0.15) is 20.9 Å². The molecule has 0 unspecified atom stereocenters. The van der Waals surface area contributed by atoms with E-state index >= 15 is 0 Å². The van der Waals surface area contributed by atoms with Gasteiger partial charge in [0.2, 0.25) is 5.76 Å². The molecule has 0 atom stereocenters. The zero-order valence-electron chi connectivity index (χ0n) is 13.3. The van der Waals surface area contributed by atoms with Crippen molar-refractivity contribution < 1.29 is 27.9 Å². The Hall–Kier alpha value is -3.68. The first-order valence-electron chi connectivity index (χ1n) is 7.54. The van der Waals surface area contributed by atoms with Crippen LogP contribution in [0.3, 0.4) is 0 Å². The predicted molar refractivity (Wildman–Crippen MR) is 88.5 cm³/mol. The van der Waals surface area contributed by atoms with Crippen LogP contribution in [0, 0.1) is 5.82 Å². The van der Waals surface area contributed by atoms with E-state index in [-0.39, 0.29) is 11.3 Å². The van der Waals surface area contributed by atoms with Gasteiger partial charge in [-0.3, -0.25) is 20.4 Å². The van der Waals surface area contributed by atoms with E-state index in [0.29, 0.717) is 5.58 Å². The first kappa shape index (κ1) is 17.2. The molecule has 0 spiro atoms. The zero-order chi connectivity index (χ0) is 18.5. The molecule has 0 bridgehead atoms. The molecule has 8 heteroatoms. The number of hydrazine groups is 1. The van der Waals surface area contributed by atoms with Gasteiger partial charge >= 0.3 is 5.97 Å². The third-order valence-corrected chi connectivity index (χ3v) is 3.39. The molecule has 26 heavy (non-hydrogen) atoms. The van der Waals surface area contributed by atoms with Crippen LogP contribution in [0.2, 0.25) is 0 Å². The third-order valence-electron chi connectivity index (χ3n) is 3.39. The number of halogens is 1. The van der Waals surface area contributed by atoms with Gasteiger partial charge in [0.25, 0.3) is 11.8 Å². The molecule has 0 aliphatic carbocycles. The maximum Gasteiger partial charge on any atom is 0.374 e. The molecule has 2 amide bonds. The highest BCUT2D eigenvalue weighted by atomic mass is 19.1. The van der Waals surface area contributed by atoms with Crippen molar-refractivity contribution in [1.82, 2.24) is 10.9 Å². The second-order valence-corrected chi connectivity index (χ2v) is 5.21. The molecule has 2 N–H and O–H groups in total. The van der Waals surface area contributed by atoms with E-state index in [2.05, 4.69) is 0 Å². The van der Waals surface area contributed by atoms with E-state index in [9.17, 15) is 18.8 Å². The summed E-state index contributed by atoms with van der Waals surface area (Å²) in [6, 6.07) is 13.8. The van der Waals surface area contributed by atoms with Crippen LogP contribution in [0.5, 0.6) is 0 Å². The molecule has 7 nitrogen and oxygen atoms in total. The molecule has 132 valence electrons. The number of furan rings is 1.